The van der Waals surface area contributed by atoms with E-state index in [0.717, 1.165) is 0 Å². The number of anilines is 1. The lowest BCUT2D eigenvalue weighted by molar-refractivity contribution is 0.102. The zero-order valence-corrected chi connectivity index (χ0v) is 10.0. The highest BCUT2D eigenvalue weighted by atomic mass is 32.1. The third kappa shape index (κ3) is 2.83. The van der Waals surface area contributed by atoms with Crippen LogP contribution in [0.15, 0.2) is 36.8 Å². The average molecular weight is 259 g/mol. The minimum Gasteiger partial charge on any atom is -0.389 e. The maximum Gasteiger partial charge on any atom is 0.276 e. The molecule has 0 unspecified atom stereocenters. The second-order valence-electron chi connectivity index (χ2n) is 3.32. The van der Waals surface area contributed by atoms with E-state index < -0.39 is 5.91 Å². The lowest BCUT2D eigenvalue weighted by Gasteiger charge is -2.03. The molecule has 0 radical (unpaired) electrons. The molecule has 0 aliphatic heterocycles. The summed E-state index contributed by atoms with van der Waals surface area (Å²) in [5.74, 6) is -0.168. The lowest BCUT2D eigenvalue weighted by atomic mass is 10.2. The van der Waals surface area contributed by atoms with E-state index in [9.17, 15) is 4.79 Å². The first-order valence-electron chi connectivity index (χ1n) is 5.01. The third-order valence-electron chi connectivity index (χ3n) is 2.07. The molecule has 90 valence electrons. The molecule has 2 aromatic heterocycles. The number of pyridine rings is 1. The van der Waals surface area contributed by atoms with Crippen LogP contribution in [-0.2, 0) is 0 Å². The van der Waals surface area contributed by atoms with E-state index in [0.29, 0.717) is 5.56 Å². The number of nitrogens with zero attached hydrogens (tertiary/aromatic N) is 3. The molecule has 2 heterocycles. The Morgan fingerprint density at radius 3 is 2.50 bits per heavy atom. The molecule has 0 spiro atoms. The monoisotopic (exact) mass is 259 g/mol. The Bertz CT molecular complexity index is 570. The molecule has 0 aliphatic carbocycles. The fourth-order valence-corrected chi connectivity index (χ4v) is 1.32. The van der Waals surface area contributed by atoms with Crippen molar-refractivity contribution in [1.82, 2.24) is 15.0 Å². The number of amides is 1. The van der Waals surface area contributed by atoms with Gasteiger partial charge in [0.15, 0.2) is 0 Å². The summed E-state index contributed by atoms with van der Waals surface area (Å²) in [6.07, 6.45) is 4.51. The Morgan fingerprint density at radius 1 is 1.22 bits per heavy atom. The molecule has 1 amide bonds. The first-order valence-corrected chi connectivity index (χ1v) is 5.42. The van der Waals surface area contributed by atoms with Crippen LogP contribution >= 0.6 is 12.2 Å². The predicted octanol–water partition coefficient (Wildman–Crippen LogP) is 0.758. The second-order valence-corrected chi connectivity index (χ2v) is 3.76. The summed E-state index contributed by atoms with van der Waals surface area (Å²) in [5, 5.41) is 2.52. The van der Waals surface area contributed by atoms with Crippen LogP contribution < -0.4 is 11.1 Å². The van der Waals surface area contributed by atoms with Crippen molar-refractivity contribution in [2.75, 3.05) is 5.32 Å². The fourth-order valence-electron chi connectivity index (χ4n) is 1.20. The van der Waals surface area contributed by atoms with Crippen molar-refractivity contribution in [3.8, 4) is 0 Å². The van der Waals surface area contributed by atoms with Crippen molar-refractivity contribution in [2.24, 2.45) is 5.73 Å². The van der Waals surface area contributed by atoms with Crippen LogP contribution in [0.2, 0.25) is 0 Å². The molecule has 7 heteroatoms. The topological polar surface area (TPSA) is 93.8 Å². The molecular weight excluding hydrogens is 250 g/mol. The molecule has 0 aromatic carbocycles. The number of nitrogens with one attached hydrogen (secondary N) is 1. The summed E-state index contributed by atoms with van der Waals surface area (Å²) in [6, 6.07) is 4.83. The van der Waals surface area contributed by atoms with Gasteiger partial charge >= 0.3 is 0 Å². The van der Waals surface area contributed by atoms with E-state index in [1.54, 1.807) is 12.1 Å². The Balaban J connectivity index is 2.12. The number of thiocarbonyl (C=S) groups is 1. The van der Waals surface area contributed by atoms with E-state index in [-0.39, 0.29) is 16.6 Å². The number of hydrogen-bond donors (Lipinski definition) is 2. The fraction of sp³-hybridized carbons (Fsp3) is 0. The van der Waals surface area contributed by atoms with E-state index in [1.165, 1.54) is 24.7 Å². The van der Waals surface area contributed by atoms with Gasteiger partial charge in [-0.05, 0) is 18.2 Å². The maximum atomic E-state index is 11.8. The first-order chi connectivity index (χ1) is 8.66. The van der Waals surface area contributed by atoms with E-state index in [2.05, 4.69) is 20.3 Å². The second kappa shape index (κ2) is 5.28. The van der Waals surface area contributed by atoms with Gasteiger partial charge in [0, 0.05) is 24.2 Å². The standard InChI is InChI=1S/C11H9N5OS/c12-9(18)7-2-3-8(15-6-7)10(17)16-11-13-4-1-5-14-11/h1-6H,(H2,12,18)(H,13,14,16,17). The highest BCUT2D eigenvalue weighted by Crippen LogP contribution is 2.03. The minimum absolute atomic E-state index is 0.225. The van der Waals surface area contributed by atoms with Gasteiger partial charge in [-0.3, -0.25) is 15.1 Å². The number of hydrogen-bond acceptors (Lipinski definition) is 5. The number of carbonyl (C=O) groups is 1. The molecule has 0 fully saturated rings. The summed E-state index contributed by atoms with van der Waals surface area (Å²) in [7, 11) is 0. The van der Waals surface area contributed by atoms with Gasteiger partial charge < -0.3 is 5.73 Å². The Kier molecular flexibility index (Phi) is 3.54. The van der Waals surface area contributed by atoms with Crippen LogP contribution in [0.25, 0.3) is 0 Å². The van der Waals surface area contributed by atoms with Crippen LogP contribution in [0.4, 0.5) is 5.95 Å². The van der Waals surface area contributed by atoms with Crippen molar-refractivity contribution in [3.05, 3.63) is 48.0 Å². The Labute approximate surface area is 108 Å². The SMILES string of the molecule is NC(=S)c1ccc(C(=O)Nc2ncccn2)nc1. The molecule has 0 bridgehead atoms. The maximum absolute atomic E-state index is 11.8. The molecule has 6 nitrogen and oxygen atoms in total. The number of nitrogens with two attached hydrogens (primary N) is 1. The van der Waals surface area contributed by atoms with E-state index >= 15 is 0 Å². The molecule has 0 saturated heterocycles. The van der Waals surface area contributed by atoms with Gasteiger partial charge in [-0.15, -0.1) is 0 Å². The Morgan fingerprint density at radius 2 is 1.94 bits per heavy atom. The van der Waals surface area contributed by atoms with Crippen LogP contribution in [0.1, 0.15) is 16.1 Å². The summed E-state index contributed by atoms with van der Waals surface area (Å²) < 4.78 is 0. The van der Waals surface area contributed by atoms with E-state index in [4.69, 9.17) is 18.0 Å². The summed E-state index contributed by atoms with van der Waals surface area (Å²) in [5.41, 5.74) is 6.28. The number of aromatic nitrogens is 3. The molecule has 0 atom stereocenters. The van der Waals surface area contributed by atoms with Gasteiger partial charge in [-0.25, -0.2) is 9.97 Å². The lowest BCUT2D eigenvalue weighted by Crippen LogP contribution is -2.16. The van der Waals surface area contributed by atoms with Crippen molar-refractivity contribution in [2.45, 2.75) is 0 Å². The Hall–Kier alpha value is -2.41. The van der Waals surface area contributed by atoms with Crippen molar-refractivity contribution in [1.29, 1.82) is 0 Å². The van der Waals surface area contributed by atoms with Gasteiger partial charge in [-0.1, -0.05) is 12.2 Å². The minimum atomic E-state index is -0.393. The van der Waals surface area contributed by atoms with Crippen molar-refractivity contribution >= 4 is 29.1 Å². The predicted molar refractivity (Wildman–Crippen MR) is 70.1 cm³/mol. The van der Waals surface area contributed by atoms with Crippen LogP contribution in [0.5, 0.6) is 0 Å². The molecule has 2 aromatic rings. The zero-order chi connectivity index (χ0) is 13.0. The molecule has 18 heavy (non-hydrogen) atoms. The van der Waals surface area contributed by atoms with Crippen LogP contribution in [0.3, 0.4) is 0 Å². The van der Waals surface area contributed by atoms with Gasteiger partial charge in [-0.2, -0.15) is 0 Å². The molecule has 3 N–H and O–H groups in total. The summed E-state index contributed by atoms with van der Waals surface area (Å²) >= 11 is 4.79. The highest BCUT2D eigenvalue weighted by Gasteiger charge is 2.09. The summed E-state index contributed by atoms with van der Waals surface area (Å²) in [6.45, 7) is 0. The largest absolute Gasteiger partial charge is 0.389 e. The van der Waals surface area contributed by atoms with Gasteiger partial charge in [0.05, 0.1) is 0 Å². The smallest absolute Gasteiger partial charge is 0.276 e. The quantitative estimate of drug-likeness (QED) is 0.790. The van der Waals surface area contributed by atoms with Gasteiger partial charge in [0.1, 0.15) is 10.7 Å². The molecule has 0 saturated carbocycles. The van der Waals surface area contributed by atoms with Crippen LogP contribution in [-0.4, -0.2) is 25.8 Å². The van der Waals surface area contributed by atoms with Crippen molar-refractivity contribution < 1.29 is 4.79 Å². The summed E-state index contributed by atoms with van der Waals surface area (Å²) in [4.78, 5) is 23.7. The van der Waals surface area contributed by atoms with Crippen molar-refractivity contribution in [3.63, 3.8) is 0 Å². The average Bonchev–Trinajstić information content (AvgIpc) is 2.40. The number of rotatable bonds is 3. The van der Waals surface area contributed by atoms with Gasteiger partial charge in [0.2, 0.25) is 5.95 Å². The van der Waals surface area contributed by atoms with E-state index in [1.807, 2.05) is 0 Å². The normalized spacial score (nSPS) is 9.78. The first kappa shape index (κ1) is 12.1. The van der Waals surface area contributed by atoms with Crippen LogP contribution in [0, 0.1) is 0 Å². The molecule has 2 rings (SSSR count). The zero-order valence-electron chi connectivity index (χ0n) is 9.20. The molecular formula is C11H9N5OS. The number of carbonyl (C=O) groups excluding carboxylic acids is 1. The third-order valence-corrected chi connectivity index (χ3v) is 2.31. The highest BCUT2D eigenvalue weighted by molar-refractivity contribution is 7.80. The van der Waals surface area contributed by atoms with Gasteiger partial charge in [0.25, 0.3) is 5.91 Å². The molecule has 0 aliphatic rings.